The van der Waals surface area contributed by atoms with Crippen LogP contribution in [0.25, 0.3) is 0 Å². The number of nitrogens with one attached hydrogen (secondary N) is 1. The summed E-state index contributed by atoms with van der Waals surface area (Å²) in [6.45, 7) is 9.57. The van der Waals surface area contributed by atoms with Crippen molar-refractivity contribution in [1.82, 2.24) is 5.32 Å². The topological polar surface area (TPSA) is 24.4 Å². The molecule has 4 heteroatoms. The molecule has 124 valence electrons. The molecule has 4 unspecified atom stereocenters. The van der Waals surface area contributed by atoms with E-state index in [0.717, 1.165) is 25.0 Å². The highest BCUT2D eigenvalue weighted by molar-refractivity contribution is 5.58. The van der Waals surface area contributed by atoms with Crippen LogP contribution in [0.4, 0.5) is 0 Å². The van der Waals surface area contributed by atoms with Gasteiger partial charge < -0.3 is 12.4 Å². The lowest BCUT2D eigenvalue weighted by Crippen LogP contribution is -3.00. The first-order valence-corrected chi connectivity index (χ1v) is 8.87. The normalized spacial score (nSPS) is 33.7. The van der Waals surface area contributed by atoms with Crippen molar-refractivity contribution in [1.29, 1.82) is 0 Å². The van der Waals surface area contributed by atoms with Crippen LogP contribution < -0.4 is 17.7 Å². The van der Waals surface area contributed by atoms with Gasteiger partial charge in [-0.3, -0.25) is 4.48 Å². The van der Waals surface area contributed by atoms with Gasteiger partial charge in [0.1, 0.15) is 0 Å². The molecule has 0 aromatic heterocycles. The van der Waals surface area contributed by atoms with Crippen LogP contribution in [0.3, 0.4) is 0 Å². The van der Waals surface area contributed by atoms with Gasteiger partial charge in [-0.15, -0.1) is 0 Å². The summed E-state index contributed by atoms with van der Waals surface area (Å²) in [6, 6.07) is 1.54. The summed E-state index contributed by atoms with van der Waals surface area (Å²) < 4.78 is 1.22. The van der Waals surface area contributed by atoms with Crippen molar-refractivity contribution in [3.8, 4) is 0 Å². The monoisotopic (exact) mass is 315 g/mol. The number of hydrogen-bond acceptors (Lipinski definition) is 2. The predicted molar refractivity (Wildman–Crippen MR) is 86.9 cm³/mol. The van der Waals surface area contributed by atoms with Gasteiger partial charge in [0.05, 0.1) is 18.6 Å². The summed E-state index contributed by atoms with van der Waals surface area (Å²) in [5, 5.41) is 3.71. The minimum atomic E-state index is 0. The molecular weight excluding hydrogens is 282 g/mol. The van der Waals surface area contributed by atoms with E-state index in [1.807, 2.05) is 0 Å². The average Bonchev–Trinajstić information content (AvgIpc) is 2.87. The van der Waals surface area contributed by atoms with Crippen LogP contribution in [0.2, 0.25) is 0 Å². The van der Waals surface area contributed by atoms with Crippen molar-refractivity contribution in [3.05, 3.63) is 0 Å². The summed E-state index contributed by atoms with van der Waals surface area (Å²) in [6.07, 6.45) is 13.1. The zero-order valence-corrected chi connectivity index (χ0v) is 14.9. The Balaban J connectivity index is 0.00000220. The molecule has 2 aliphatic rings. The first-order valence-electron chi connectivity index (χ1n) is 8.87. The van der Waals surface area contributed by atoms with E-state index in [2.05, 4.69) is 32.3 Å². The summed E-state index contributed by atoms with van der Waals surface area (Å²) in [5.41, 5.74) is 0. The van der Waals surface area contributed by atoms with Crippen LogP contribution >= 0.6 is 0 Å². The number of likely N-dealkylation sites (tertiary alicyclic amines) is 1. The van der Waals surface area contributed by atoms with E-state index in [-0.39, 0.29) is 12.4 Å². The third-order valence-corrected chi connectivity index (χ3v) is 5.58. The maximum atomic E-state index is 4.87. The molecule has 0 amide bonds. The molecule has 0 saturated carbocycles. The van der Waals surface area contributed by atoms with E-state index in [9.17, 15) is 0 Å². The van der Waals surface area contributed by atoms with Gasteiger partial charge in [0, 0.05) is 25.6 Å². The van der Waals surface area contributed by atoms with Crippen LogP contribution in [0.1, 0.15) is 72.1 Å². The average molecular weight is 316 g/mol. The molecule has 1 saturated heterocycles. The number of hydrogen-bond donors (Lipinski definition) is 1. The van der Waals surface area contributed by atoms with Crippen molar-refractivity contribution < 1.29 is 16.9 Å². The zero-order valence-electron chi connectivity index (χ0n) is 14.2. The van der Waals surface area contributed by atoms with Crippen molar-refractivity contribution in [2.75, 3.05) is 13.1 Å². The van der Waals surface area contributed by atoms with E-state index in [1.165, 1.54) is 56.0 Å². The van der Waals surface area contributed by atoms with Gasteiger partial charge >= 0.3 is 0 Å². The lowest BCUT2D eigenvalue weighted by atomic mass is 10.00. The Morgan fingerprint density at radius 1 is 1.33 bits per heavy atom. The van der Waals surface area contributed by atoms with Crippen LogP contribution in [0, 0.1) is 0 Å². The van der Waals surface area contributed by atoms with E-state index < -0.39 is 0 Å². The molecule has 0 bridgehead atoms. The standard InChI is InChI=1S/C17H34N3.ClH/c1-4-6-7-11-16(5-2)20(14-8-10-15(20)3)17-18-12-9-13-19-17;/h12,15-17,19H,4-11,13-14H2,1-3H3;1H/q+1;/p-1. The predicted octanol–water partition coefficient (Wildman–Crippen LogP) is 0.696. The van der Waals surface area contributed by atoms with Gasteiger partial charge in [-0.25, -0.2) is 10.3 Å². The maximum absolute atomic E-state index is 4.87. The summed E-state index contributed by atoms with van der Waals surface area (Å²) in [7, 11) is 0. The third-order valence-electron chi connectivity index (χ3n) is 5.58. The highest BCUT2D eigenvalue weighted by Gasteiger charge is 2.49. The highest BCUT2D eigenvalue weighted by Crippen LogP contribution is 2.37. The Labute approximate surface area is 137 Å². The van der Waals surface area contributed by atoms with E-state index in [1.54, 1.807) is 0 Å². The molecule has 21 heavy (non-hydrogen) atoms. The largest absolute Gasteiger partial charge is 1.00 e. The van der Waals surface area contributed by atoms with Crippen LogP contribution in [-0.2, 0) is 0 Å². The van der Waals surface area contributed by atoms with E-state index in [4.69, 9.17) is 4.99 Å². The number of nitrogens with zero attached hydrogens (tertiary/aromatic N) is 2. The fourth-order valence-electron chi connectivity index (χ4n) is 4.44. The minimum absolute atomic E-state index is 0. The number of rotatable bonds is 7. The molecule has 1 N–H and O–H groups in total. The van der Waals surface area contributed by atoms with Gasteiger partial charge in [-0.1, -0.05) is 26.7 Å². The second-order valence-corrected chi connectivity index (χ2v) is 6.72. The quantitative estimate of drug-likeness (QED) is 0.543. The lowest BCUT2D eigenvalue weighted by Gasteiger charge is -2.49. The Morgan fingerprint density at radius 3 is 2.67 bits per heavy atom. The zero-order chi connectivity index (χ0) is 14.4. The van der Waals surface area contributed by atoms with Gasteiger partial charge in [0.2, 0.25) is 6.29 Å². The van der Waals surface area contributed by atoms with Crippen molar-refractivity contribution >= 4 is 6.21 Å². The second kappa shape index (κ2) is 9.12. The summed E-state index contributed by atoms with van der Waals surface area (Å²) in [4.78, 5) is 4.87. The molecule has 2 heterocycles. The molecule has 0 aromatic carbocycles. The molecule has 0 aromatic rings. The molecule has 1 fully saturated rings. The van der Waals surface area contributed by atoms with E-state index >= 15 is 0 Å². The third kappa shape index (κ3) is 4.00. The van der Waals surface area contributed by atoms with Crippen LogP contribution in [0.5, 0.6) is 0 Å². The SMILES string of the molecule is CCCCCC(CC)[N+]1(C2N=CCCN2)CCCC1C.[Cl-]. The molecule has 2 rings (SSSR count). The summed E-state index contributed by atoms with van der Waals surface area (Å²) in [5.74, 6) is 0. The Bertz CT molecular complexity index is 321. The van der Waals surface area contributed by atoms with Crippen molar-refractivity contribution in [2.24, 2.45) is 4.99 Å². The fourth-order valence-corrected chi connectivity index (χ4v) is 4.44. The number of aliphatic imine (C=N–C) groups is 1. The molecule has 0 spiro atoms. The minimum Gasteiger partial charge on any atom is -1.00 e. The van der Waals surface area contributed by atoms with Gasteiger partial charge in [-0.2, -0.15) is 0 Å². The lowest BCUT2D eigenvalue weighted by molar-refractivity contribution is -0.985. The maximum Gasteiger partial charge on any atom is 0.240 e. The molecule has 2 aliphatic heterocycles. The number of quaternary nitrogens is 1. The molecule has 0 radical (unpaired) electrons. The first-order chi connectivity index (χ1) is 9.75. The molecule has 4 atom stereocenters. The number of unbranched alkanes of at least 4 members (excludes halogenated alkanes) is 2. The second-order valence-electron chi connectivity index (χ2n) is 6.72. The van der Waals surface area contributed by atoms with E-state index in [0.29, 0.717) is 6.29 Å². The van der Waals surface area contributed by atoms with Crippen LogP contribution in [-0.4, -0.2) is 42.2 Å². The number of halogens is 1. The Morgan fingerprint density at radius 2 is 2.14 bits per heavy atom. The Kier molecular flexibility index (Phi) is 8.22. The van der Waals surface area contributed by atoms with Gasteiger partial charge in [0.15, 0.2) is 0 Å². The van der Waals surface area contributed by atoms with Gasteiger partial charge in [0.25, 0.3) is 0 Å². The summed E-state index contributed by atoms with van der Waals surface area (Å²) >= 11 is 0. The first kappa shape index (κ1) is 18.9. The van der Waals surface area contributed by atoms with Crippen molar-refractivity contribution in [3.63, 3.8) is 0 Å². The van der Waals surface area contributed by atoms with Crippen LogP contribution in [0.15, 0.2) is 4.99 Å². The van der Waals surface area contributed by atoms with Gasteiger partial charge in [-0.05, 0) is 32.6 Å². The Hall–Kier alpha value is -0.120. The molecular formula is C17H34ClN3. The smallest absolute Gasteiger partial charge is 0.240 e. The van der Waals surface area contributed by atoms with Crippen molar-refractivity contribution in [2.45, 2.75) is 90.5 Å². The molecule has 0 aliphatic carbocycles. The molecule has 3 nitrogen and oxygen atoms in total. The highest BCUT2D eigenvalue weighted by atomic mass is 35.5. The fraction of sp³-hybridized carbons (Fsp3) is 0.941.